The van der Waals surface area contributed by atoms with Crippen molar-refractivity contribution in [2.45, 2.75) is 6.42 Å². The van der Waals surface area contributed by atoms with Crippen LogP contribution in [-0.4, -0.2) is 46.6 Å². The Labute approximate surface area is 118 Å². The molecule has 0 radical (unpaired) electrons. The molecule has 2 N–H and O–H groups in total. The maximum absolute atomic E-state index is 11.8. The smallest absolute Gasteiger partial charge is 0.338 e. The molecule has 6 heteroatoms. The summed E-state index contributed by atoms with van der Waals surface area (Å²) in [7, 11) is 3.14. The fourth-order valence-electron chi connectivity index (χ4n) is 1.52. The van der Waals surface area contributed by atoms with E-state index in [1.807, 2.05) is 0 Å². The van der Waals surface area contributed by atoms with Gasteiger partial charge in [-0.05, 0) is 24.6 Å². The molecule has 0 spiro atoms. The summed E-state index contributed by atoms with van der Waals surface area (Å²) < 4.78 is 20.3. The molecule has 0 aliphatic rings. The van der Waals surface area contributed by atoms with E-state index in [-0.39, 0.29) is 6.61 Å². The Morgan fingerprint density at radius 3 is 2.65 bits per heavy atom. The van der Waals surface area contributed by atoms with Crippen LogP contribution in [0, 0.1) is 0 Å². The van der Waals surface area contributed by atoms with Crippen LogP contribution < -0.4 is 10.5 Å². The largest absolute Gasteiger partial charge is 0.495 e. The van der Waals surface area contributed by atoms with Gasteiger partial charge in [-0.25, -0.2) is 4.79 Å². The first-order valence-electron chi connectivity index (χ1n) is 6.36. The normalized spacial score (nSPS) is 10.3. The van der Waals surface area contributed by atoms with Gasteiger partial charge in [-0.1, -0.05) is 0 Å². The van der Waals surface area contributed by atoms with Gasteiger partial charge in [0.05, 0.1) is 25.0 Å². The first-order valence-corrected chi connectivity index (χ1v) is 6.36. The number of hydrogen-bond acceptors (Lipinski definition) is 6. The molecular weight excluding hydrogens is 262 g/mol. The Bertz CT molecular complexity index is 422. The van der Waals surface area contributed by atoms with E-state index in [9.17, 15) is 4.79 Å². The zero-order valence-corrected chi connectivity index (χ0v) is 11.9. The van der Waals surface area contributed by atoms with Crippen LogP contribution in [0.4, 0.5) is 5.69 Å². The van der Waals surface area contributed by atoms with Crippen molar-refractivity contribution in [3.8, 4) is 5.75 Å². The number of carbonyl (C=O) groups is 1. The van der Waals surface area contributed by atoms with Crippen molar-refractivity contribution in [1.29, 1.82) is 0 Å². The maximum Gasteiger partial charge on any atom is 0.338 e. The number of nitrogens with two attached hydrogens (primary N) is 1. The van der Waals surface area contributed by atoms with Crippen LogP contribution in [0.5, 0.6) is 5.75 Å². The van der Waals surface area contributed by atoms with E-state index in [1.165, 1.54) is 7.11 Å². The molecule has 0 saturated carbocycles. The molecular formula is C14H21NO5. The molecule has 0 atom stereocenters. The number of rotatable bonds is 9. The summed E-state index contributed by atoms with van der Waals surface area (Å²) >= 11 is 0. The van der Waals surface area contributed by atoms with Gasteiger partial charge in [0.25, 0.3) is 0 Å². The second-order valence-corrected chi connectivity index (χ2v) is 4.05. The number of methoxy groups -OCH3 is 2. The zero-order chi connectivity index (χ0) is 14.8. The minimum atomic E-state index is -0.427. The van der Waals surface area contributed by atoms with Crippen molar-refractivity contribution < 1.29 is 23.7 Å². The number of ether oxygens (including phenoxy) is 4. The molecule has 1 rings (SSSR count). The summed E-state index contributed by atoms with van der Waals surface area (Å²) in [6, 6.07) is 4.76. The number of anilines is 1. The minimum absolute atomic E-state index is 0.207. The van der Waals surface area contributed by atoms with E-state index in [0.29, 0.717) is 36.8 Å². The van der Waals surface area contributed by atoms with E-state index in [2.05, 4.69) is 0 Å². The molecule has 0 saturated heterocycles. The molecule has 112 valence electrons. The summed E-state index contributed by atoms with van der Waals surface area (Å²) in [6.45, 7) is 1.81. The summed E-state index contributed by atoms with van der Waals surface area (Å²) in [5.41, 5.74) is 6.55. The quantitative estimate of drug-likeness (QED) is 0.420. The van der Waals surface area contributed by atoms with Crippen LogP contribution in [-0.2, 0) is 14.2 Å². The van der Waals surface area contributed by atoms with Crippen molar-refractivity contribution in [3.05, 3.63) is 23.8 Å². The third-order valence-electron chi connectivity index (χ3n) is 2.57. The van der Waals surface area contributed by atoms with Crippen LogP contribution in [0.1, 0.15) is 16.8 Å². The van der Waals surface area contributed by atoms with Crippen molar-refractivity contribution >= 4 is 11.7 Å². The van der Waals surface area contributed by atoms with Crippen LogP contribution in [0.2, 0.25) is 0 Å². The number of carbonyl (C=O) groups excluding carboxylic acids is 1. The molecule has 0 aromatic heterocycles. The highest BCUT2D eigenvalue weighted by molar-refractivity contribution is 5.90. The molecule has 1 aromatic carbocycles. The van der Waals surface area contributed by atoms with Crippen LogP contribution in [0.25, 0.3) is 0 Å². The van der Waals surface area contributed by atoms with Gasteiger partial charge in [0.2, 0.25) is 0 Å². The zero-order valence-electron chi connectivity index (χ0n) is 11.9. The topological polar surface area (TPSA) is 80.0 Å². The van der Waals surface area contributed by atoms with Gasteiger partial charge in [0, 0.05) is 20.3 Å². The van der Waals surface area contributed by atoms with Crippen molar-refractivity contribution in [2.75, 3.05) is 46.4 Å². The minimum Gasteiger partial charge on any atom is -0.495 e. The van der Waals surface area contributed by atoms with Gasteiger partial charge in [-0.15, -0.1) is 0 Å². The van der Waals surface area contributed by atoms with E-state index in [1.54, 1.807) is 25.3 Å². The fraction of sp³-hybridized carbons (Fsp3) is 0.500. The fourth-order valence-corrected chi connectivity index (χ4v) is 1.52. The van der Waals surface area contributed by atoms with E-state index in [4.69, 9.17) is 24.7 Å². The average Bonchev–Trinajstić information content (AvgIpc) is 2.46. The SMILES string of the molecule is COCCCOCCOC(=O)c1ccc(N)c(OC)c1. The molecule has 0 fully saturated rings. The molecule has 0 aliphatic carbocycles. The van der Waals surface area contributed by atoms with Gasteiger partial charge < -0.3 is 24.7 Å². The van der Waals surface area contributed by atoms with Crippen LogP contribution in [0.3, 0.4) is 0 Å². The molecule has 1 aromatic rings. The second-order valence-electron chi connectivity index (χ2n) is 4.05. The lowest BCUT2D eigenvalue weighted by molar-refractivity contribution is 0.0288. The van der Waals surface area contributed by atoms with E-state index in [0.717, 1.165) is 6.42 Å². The summed E-state index contributed by atoms with van der Waals surface area (Å²) in [5.74, 6) is 0.0269. The maximum atomic E-state index is 11.8. The summed E-state index contributed by atoms with van der Waals surface area (Å²) in [4.78, 5) is 11.8. The number of benzene rings is 1. The first-order chi connectivity index (χ1) is 9.69. The van der Waals surface area contributed by atoms with Crippen molar-refractivity contribution in [1.82, 2.24) is 0 Å². The molecule has 0 bridgehead atoms. The monoisotopic (exact) mass is 283 g/mol. The molecule has 6 nitrogen and oxygen atoms in total. The standard InChI is InChI=1S/C14H21NO5/c1-17-6-3-7-19-8-9-20-14(16)11-4-5-12(15)13(10-11)18-2/h4-5,10H,3,6-9,15H2,1-2H3. The average molecular weight is 283 g/mol. The highest BCUT2D eigenvalue weighted by atomic mass is 16.6. The van der Waals surface area contributed by atoms with E-state index < -0.39 is 5.97 Å². The number of hydrogen-bond donors (Lipinski definition) is 1. The molecule has 0 amide bonds. The third-order valence-corrected chi connectivity index (χ3v) is 2.57. The molecule has 0 aliphatic heterocycles. The second kappa shape index (κ2) is 9.17. The predicted octanol–water partition coefficient (Wildman–Crippen LogP) is 1.49. The Hall–Kier alpha value is -1.79. The van der Waals surface area contributed by atoms with Crippen molar-refractivity contribution in [3.63, 3.8) is 0 Å². The van der Waals surface area contributed by atoms with Crippen molar-refractivity contribution in [2.24, 2.45) is 0 Å². The third kappa shape index (κ3) is 5.46. The Morgan fingerprint density at radius 2 is 1.95 bits per heavy atom. The van der Waals surface area contributed by atoms with Gasteiger partial charge in [0.1, 0.15) is 12.4 Å². The first kappa shape index (κ1) is 16.3. The summed E-state index contributed by atoms with van der Waals surface area (Å²) in [5, 5.41) is 0. The predicted molar refractivity (Wildman–Crippen MR) is 75.0 cm³/mol. The van der Waals surface area contributed by atoms with Gasteiger partial charge in [-0.3, -0.25) is 0 Å². The number of esters is 1. The Kier molecular flexibility index (Phi) is 7.46. The highest BCUT2D eigenvalue weighted by Gasteiger charge is 2.10. The van der Waals surface area contributed by atoms with E-state index >= 15 is 0 Å². The number of nitrogen functional groups attached to an aromatic ring is 1. The van der Waals surface area contributed by atoms with Gasteiger partial charge in [-0.2, -0.15) is 0 Å². The summed E-state index contributed by atoms with van der Waals surface area (Å²) in [6.07, 6.45) is 0.819. The van der Waals surface area contributed by atoms with Gasteiger partial charge >= 0.3 is 5.97 Å². The lowest BCUT2D eigenvalue weighted by Crippen LogP contribution is -2.12. The molecule has 20 heavy (non-hydrogen) atoms. The highest BCUT2D eigenvalue weighted by Crippen LogP contribution is 2.22. The molecule has 0 unspecified atom stereocenters. The van der Waals surface area contributed by atoms with Crippen LogP contribution in [0.15, 0.2) is 18.2 Å². The Balaban J connectivity index is 2.29. The lowest BCUT2D eigenvalue weighted by atomic mass is 10.2. The lowest BCUT2D eigenvalue weighted by Gasteiger charge is -2.08. The van der Waals surface area contributed by atoms with Gasteiger partial charge in [0.15, 0.2) is 0 Å². The van der Waals surface area contributed by atoms with Crippen LogP contribution >= 0.6 is 0 Å². The Morgan fingerprint density at radius 1 is 1.15 bits per heavy atom. The molecule has 0 heterocycles.